The van der Waals surface area contributed by atoms with E-state index >= 15 is 0 Å². The second-order valence-corrected chi connectivity index (χ2v) is 6.05. The Bertz CT molecular complexity index is 813. The average Bonchev–Trinajstić information content (AvgIpc) is 2.57. The molecule has 24 heavy (non-hydrogen) atoms. The number of aromatic nitrogens is 1. The first-order chi connectivity index (χ1) is 11.4. The zero-order valence-corrected chi connectivity index (χ0v) is 12.9. The van der Waals surface area contributed by atoms with Gasteiger partial charge in [-0.2, -0.15) is 13.2 Å². The summed E-state index contributed by atoms with van der Waals surface area (Å²) in [4.78, 5) is 25.5. The van der Waals surface area contributed by atoms with Crippen LogP contribution >= 0.6 is 0 Å². The number of para-hydroxylation sites is 1. The molecule has 1 amide bonds. The van der Waals surface area contributed by atoms with Crippen molar-refractivity contribution in [2.24, 2.45) is 5.92 Å². The number of piperidine rings is 1. The van der Waals surface area contributed by atoms with Crippen LogP contribution in [0.5, 0.6) is 0 Å². The molecule has 0 radical (unpaired) electrons. The van der Waals surface area contributed by atoms with E-state index in [1.165, 1.54) is 17.2 Å². The largest absolute Gasteiger partial charge is 0.393 e. The highest BCUT2D eigenvalue weighted by Gasteiger charge is 2.42. The molecule has 4 nitrogen and oxygen atoms in total. The van der Waals surface area contributed by atoms with Gasteiger partial charge >= 0.3 is 6.18 Å². The zero-order valence-electron chi connectivity index (χ0n) is 12.9. The highest BCUT2D eigenvalue weighted by atomic mass is 19.4. The number of pyridine rings is 1. The maximum Gasteiger partial charge on any atom is 0.393 e. The SMILES string of the molecule is O=C(Cn1ccc(=O)c2ccccc21)N1CCC[C@@H](C(F)(F)F)C1. The van der Waals surface area contributed by atoms with Gasteiger partial charge in [-0.05, 0) is 25.0 Å². The van der Waals surface area contributed by atoms with E-state index in [1.807, 2.05) is 0 Å². The van der Waals surface area contributed by atoms with E-state index in [0.29, 0.717) is 23.9 Å². The van der Waals surface area contributed by atoms with Crippen molar-refractivity contribution in [1.29, 1.82) is 0 Å². The van der Waals surface area contributed by atoms with Crippen LogP contribution in [0.15, 0.2) is 41.3 Å². The minimum absolute atomic E-state index is 0.0637. The predicted molar refractivity (Wildman–Crippen MR) is 83.6 cm³/mol. The number of rotatable bonds is 2. The van der Waals surface area contributed by atoms with Crippen LogP contribution in [0, 0.1) is 5.92 Å². The quantitative estimate of drug-likeness (QED) is 0.845. The van der Waals surface area contributed by atoms with E-state index in [2.05, 4.69) is 0 Å². The van der Waals surface area contributed by atoms with Gasteiger partial charge in [0.2, 0.25) is 5.91 Å². The second kappa shape index (κ2) is 6.30. The van der Waals surface area contributed by atoms with Crippen LogP contribution in [0.25, 0.3) is 10.9 Å². The van der Waals surface area contributed by atoms with Gasteiger partial charge in [0.15, 0.2) is 5.43 Å². The Morgan fingerprint density at radius 3 is 2.71 bits per heavy atom. The summed E-state index contributed by atoms with van der Waals surface area (Å²) in [5, 5.41) is 0.486. The van der Waals surface area contributed by atoms with Crippen molar-refractivity contribution in [3.05, 3.63) is 46.8 Å². The van der Waals surface area contributed by atoms with Gasteiger partial charge in [-0.3, -0.25) is 9.59 Å². The number of carbonyl (C=O) groups is 1. The number of alkyl halides is 3. The molecule has 1 fully saturated rings. The minimum Gasteiger partial charge on any atom is -0.341 e. The van der Waals surface area contributed by atoms with Crippen LogP contribution in [0.3, 0.4) is 0 Å². The van der Waals surface area contributed by atoms with E-state index in [-0.39, 0.29) is 30.8 Å². The second-order valence-electron chi connectivity index (χ2n) is 6.05. The van der Waals surface area contributed by atoms with E-state index < -0.39 is 12.1 Å². The lowest BCUT2D eigenvalue weighted by Crippen LogP contribution is -2.45. The summed E-state index contributed by atoms with van der Waals surface area (Å²) >= 11 is 0. The maximum absolute atomic E-state index is 12.9. The van der Waals surface area contributed by atoms with Gasteiger partial charge in [0, 0.05) is 30.7 Å². The molecule has 128 valence electrons. The third-order valence-electron chi connectivity index (χ3n) is 4.43. The molecular weight excluding hydrogens is 321 g/mol. The lowest BCUT2D eigenvalue weighted by Gasteiger charge is -2.34. The fourth-order valence-electron chi connectivity index (χ4n) is 3.11. The predicted octanol–water partition coefficient (Wildman–Crippen LogP) is 2.80. The lowest BCUT2D eigenvalue weighted by atomic mass is 9.97. The highest BCUT2D eigenvalue weighted by molar-refractivity contribution is 5.82. The lowest BCUT2D eigenvalue weighted by molar-refractivity contribution is -0.188. The normalized spacial score (nSPS) is 18.8. The van der Waals surface area contributed by atoms with Gasteiger partial charge in [-0.25, -0.2) is 0 Å². The van der Waals surface area contributed by atoms with Gasteiger partial charge in [-0.15, -0.1) is 0 Å². The summed E-state index contributed by atoms with van der Waals surface area (Å²) in [5.41, 5.74) is 0.451. The molecule has 0 saturated carbocycles. The molecule has 3 rings (SSSR count). The first-order valence-electron chi connectivity index (χ1n) is 7.79. The molecule has 1 saturated heterocycles. The summed E-state index contributed by atoms with van der Waals surface area (Å²) in [6.45, 7) is -0.0324. The van der Waals surface area contributed by atoms with Crippen LogP contribution in [0.2, 0.25) is 0 Å². The van der Waals surface area contributed by atoms with Crippen LogP contribution in [0.4, 0.5) is 13.2 Å². The molecular formula is C17H17F3N2O2. The number of fused-ring (bicyclic) bond motifs is 1. The summed E-state index contributed by atoms with van der Waals surface area (Å²) in [5.74, 6) is -1.82. The van der Waals surface area contributed by atoms with Crippen molar-refractivity contribution >= 4 is 16.8 Å². The highest BCUT2D eigenvalue weighted by Crippen LogP contribution is 2.33. The molecule has 7 heteroatoms. The van der Waals surface area contributed by atoms with Crippen LogP contribution in [-0.4, -0.2) is 34.6 Å². The first kappa shape index (κ1) is 16.5. The van der Waals surface area contributed by atoms with Gasteiger partial charge in [0.05, 0.1) is 11.4 Å². The fourth-order valence-corrected chi connectivity index (χ4v) is 3.11. The van der Waals surface area contributed by atoms with Crippen molar-refractivity contribution in [3.63, 3.8) is 0 Å². The molecule has 1 aliphatic rings. The molecule has 2 heterocycles. The van der Waals surface area contributed by atoms with Crippen molar-refractivity contribution in [2.75, 3.05) is 13.1 Å². The molecule has 0 spiro atoms. The standard InChI is InChI=1S/C17H17F3N2O2/c18-17(19,20)12-4-3-8-22(10-12)16(24)11-21-9-7-15(23)13-5-1-2-6-14(13)21/h1-2,5-7,9,12H,3-4,8,10-11H2/t12-/m1/s1. The smallest absolute Gasteiger partial charge is 0.341 e. The third kappa shape index (κ3) is 3.29. The summed E-state index contributed by atoms with van der Waals surface area (Å²) in [6, 6.07) is 8.24. The molecule has 0 unspecified atom stereocenters. The van der Waals surface area contributed by atoms with Crippen molar-refractivity contribution in [1.82, 2.24) is 9.47 Å². The fraction of sp³-hybridized carbons (Fsp3) is 0.412. The van der Waals surface area contributed by atoms with Crippen LogP contribution < -0.4 is 5.43 Å². The van der Waals surface area contributed by atoms with E-state index in [9.17, 15) is 22.8 Å². The molecule has 0 N–H and O–H groups in total. The number of hydrogen-bond acceptors (Lipinski definition) is 2. The number of likely N-dealkylation sites (tertiary alicyclic amines) is 1. The van der Waals surface area contributed by atoms with Crippen molar-refractivity contribution in [3.8, 4) is 0 Å². The molecule has 1 atom stereocenters. The van der Waals surface area contributed by atoms with Crippen molar-refractivity contribution < 1.29 is 18.0 Å². The number of nitrogens with zero attached hydrogens (tertiary/aromatic N) is 2. The Hall–Kier alpha value is -2.31. The Labute approximate surface area is 136 Å². The van der Waals surface area contributed by atoms with E-state index in [1.54, 1.807) is 28.8 Å². The topological polar surface area (TPSA) is 42.3 Å². The van der Waals surface area contributed by atoms with Crippen LogP contribution in [0.1, 0.15) is 12.8 Å². The molecule has 1 aromatic carbocycles. The monoisotopic (exact) mass is 338 g/mol. The van der Waals surface area contributed by atoms with Gasteiger partial charge in [0.25, 0.3) is 0 Å². The Morgan fingerprint density at radius 2 is 1.96 bits per heavy atom. The Kier molecular flexibility index (Phi) is 4.34. The number of benzene rings is 1. The maximum atomic E-state index is 12.9. The molecule has 0 bridgehead atoms. The number of hydrogen-bond donors (Lipinski definition) is 0. The van der Waals surface area contributed by atoms with Gasteiger partial charge < -0.3 is 9.47 Å². The van der Waals surface area contributed by atoms with Crippen molar-refractivity contribution in [2.45, 2.75) is 25.6 Å². The average molecular weight is 338 g/mol. The van der Waals surface area contributed by atoms with E-state index in [0.717, 1.165) is 0 Å². The Morgan fingerprint density at radius 1 is 1.21 bits per heavy atom. The molecule has 2 aromatic rings. The molecule has 1 aliphatic heterocycles. The number of halogens is 3. The van der Waals surface area contributed by atoms with Crippen LogP contribution in [-0.2, 0) is 11.3 Å². The van der Waals surface area contributed by atoms with Gasteiger partial charge in [0.1, 0.15) is 6.54 Å². The number of carbonyl (C=O) groups excluding carboxylic acids is 1. The third-order valence-corrected chi connectivity index (χ3v) is 4.43. The summed E-state index contributed by atoms with van der Waals surface area (Å²) in [7, 11) is 0. The number of amides is 1. The zero-order chi connectivity index (χ0) is 17.3. The summed E-state index contributed by atoms with van der Waals surface area (Å²) in [6.07, 6.45) is -2.36. The summed E-state index contributed by atoms with van der Waals surface area (Å²) < 4.78 is 40.2. The molecule has 0 aliphatic carbocycles. The van der Waals surface area contributed by atoms with Gasteiger partial charge in [-0.1, -0.05) is 12.1 Å². The Balaban J connectivity index is 1.80. The first-order valence-corrected chi connectivity index (χ1v) is 7.79. The minimum atomic E-state index is -4.27. The van der Waals surface area contributed by atoms with E-state index in [4.69, 9.17) is 0 Å². The molecule has 1 aromatic heterocycles.